The molecule has 1 fully saturated rings. The predicted molar refractivity (Wildman–Crippen MR) is 132 cm³/mol. The van der Waals surface area contributed by atoms with Gasteiger partial charge in [0.05, 0.1) is 24.3 Å². The molecule has 0 aromatic heterocycles. The fourth-order valence-electron chi connectivity index (χ4n) is 3.78. The molecule has 0 spiro atoms. The predicted octanol–water partition coefficient (Wildman–Crippen LogP) is 3.60. The van der Waals surface area contributed by atoms with Crippen LogP contribution in [0.3, 0.4) is 0 Å². The van der Waals surface area contributed by atoms with Gasteiger partial charge >= 0.3 is 5.97 Å². The summed E-state index contributed by atoms with van der Waals surface area (Å²) in [5, 5.41) is 11.9. The molecule has 0 radical (unpaired) electrons. The minimum atomic E-state index is -0.610. The van der Waals surface area contributed by atoms with E-state index >= 15 is 0 Å². The van der Waals surface area contributed by atoms with E-state index in [-0.39, 0.29) is 35.3 Å². The molecule has 180 valence electrons. The van der Waals surface area contributed by atoms with Crippen LogP contribution < -0.4 is 14.8 Å². The molecule has 2 aliphatic heterocycles. The fourth-order valence-corrected chi connectivity index (χ4v) is 4.90. The summed E-state index contributed by atoms with van der Waals surface area (Å²) in [6, 6.07) is 12.7. The zero-order valence-corrected chi connectivity index (χ0v) is 20.0. The van der Waals surface area contributed by atoms with Gasteiger partial charge in [-0.2, -0.15) is 10.3 Å². The highest BCUT2D eigenvalue weighted by atomic mass is 32.2. The van der Waals surface area contributed by atoms with Gasteiger partial charge in [0.1, 0.15) is 5.25 Å². The van der Waals surface area contributed by atoms with Crippen LogP contribution in [0.4, 0.5) is 5.69 Å². The Hall–Kier alpha value is -3.84. The molecule has 1 saturated heterocycles. The highest BCUT2D eigenvalue weighted by Crippen LogP contribution is 2.30. The second kappa shape index (κ2) is 11.1. The molecule has 10 heteroatoms. The average molecular weight is 493 g/mol. The van der Waals surface area contributed by atoms with E-state index in [1.165, 1.54) is 55.6 Å². The SMILES string of the molecule is COc1cc(C#N)ccc1OC(=O)c1ccc(NC(=O)CC2SC(N3CCCCC3)=NC2=O)cc1. The maximum atomic E-state index is 12.5. The first-order valence-corrected chi connectivity index (χ1v) is 12.1. The van der Waals surface area contributed by atoms with E-state index in [2.05, 4.69) is 15.2 Å². The van der Waals surface area contributed by atoms with Crippen molar-refractivity contribution in [3.8, 4) is 17.6 Å². The average Bonchev–Trinajstić information content (AvgIpc) is 3.25. The molecule has 0 aliphatic carbocycles. The zero-order valence-electron chi connectivity index (χ0n) is 19.2. The quantitative estimate of drug-likeness (QED) is 0.480. The summed E-state index contributed by atoms with van der Waals surface area (Å²) >= 11 is 1.35. The van der Waals surface area contributed by atoms with E-state index in [9.17, 15) is 14.4 Å². The molecule has 4 rings (SSSR count). The first-order valence-electron chi connectivity index (χ1n) is 11.2. The normalized spacial score (nSPS) is 17.4. The Bertz CT molecular complexity index is 1200. The number of nitriles is 1. The molecule has 1 atom stereocenters. The van der Waals surface area contributed by atoms with Crippen molar-refractivity contribution in [2.24, 2.45) is 4.99 Å². The van der Waals surface area contributed by atoms with Crippen LogP contribution in [-0.2, 0) is 9.59 Å². The summed E-state index contributed by atoms with van der Waals surface area (Å²) < 4.78 is 10.6. The lowest BCUT2D eigenvalue weighted by Crippen LogP contribution is -2.33. The Morgan fingerprint density at radius 1 is 1.14 bits per heavy atom. The third kappa shape index (κ3) is 6.00. The molecule has 0 saturated carbocycles. The number of aliphatic imine (C=N–C) groups is 1. The number of carbonyl (C=O) groups is 3. The number of esters is 1. The molecule has 2 aromatic rings. The van der Waals surface area contributed by atoms with Crippen molar-refractivity contribution >= 4 is 40.4 Å². The molecule has 1 unspecified atom stereocenters. The number of benzene rings is 2. The minimum Gasteiger partial charge on any atom is -0.493 e. The van der Waals surface area contributed by atoms with Gasteiger partial charge < -0.3 is 19.7 Å². The van der Waals surface area contributed by atoms with Crippen molar-refractivity contribution in [3.63, 3.8) is 0 Å². The maximum absolute atomic E-state index is 12.5. The Labute approximate surface area is 207 Å². The summed E-state index contributed by atoms with van der Waals surface area (Å²) in [4.78, 5) is 43.6. The number of amidine groups is 1. The van der Waals surface area contributed by atoms with Gasteiger partial charge in [0, 0.05) is 31.3 Å². The first kappa shape index (κ1) is 24.3. The van der Waals surface area contributed by atoms with Crippen molar-refractivity contribution in [1.82, 2.24) is 4.90 Å². The molecular weight excluding hydrogens is 468 g/mol. The van der Waals surface area contributed by atoms with Crippen molar-refractivity contribution in [2.75, 3.05) is 25.5 Å². The number of hydrogen-bond acceptors (Lipinski definition) is 8. The molecule has 2 aromatic carbocycles. The van der Waals surface area contributed by atoms with Crippen molar-refractivity contribution in [1.29, 1.82) is 5.26 Å². The highest BCUT2D eigenvalue weighted by Gasteiger charge is 2.33. The van der Waals surface area contributed by atoms with Gasteiger partial charge in [-0.25, -0.2) is 4.79 Å². The summed E-state index contributed by atoms with van der Waals surface area (Å²) in [6.45, 7) is 1.79. The number of amides is 2. The van der Waals surface area contributed by atoms with Crippen LogP contribution in [0.1, 0.15) is 41.6 Å². The summed E-state index contributed by atoms with van der Waals surface area (Å²) in [7, 11) is 1.42. The van der Waals surface area contributed by atoms with Gasteiger partial charge in [0.25, 0.3) is 5.91 Å². The van der Waals surface area contributed by atoms with Gasteiger partial charge in [-0.3, -0.25) is 9.59 Å². The number of anilines is 1. The Morgan fingerprint density at radius 3 is 2.57 bits per heavy atom. The van der Waals surface area contributed by atoms with Crippen LogP contribution in [0, 0.1) is 11.3 Å². The van der Waals surface area contributed by atoms with Crippen LogP contribution in [0.5, 0.6) is 11.5 Å². The molecule has 2 amide bonds. The zero-order chi connectivity index (χ0) is 24.8. The number of nitrogens with one attached hydrogen (secondary N) is 1. The van der Waals surface area contributed by atoms with E-state index < -0.39 is 11.2 Å². The van der Waals surface area contributed by atoms with Gasteiger partial charge in [-0.05, 0) is 55.7 Å². The smallest absolute Gasteiger partial charge is 0.343 e. The third-order valence-corrected chi connectivity index (χ3v) is 6.84. The van der Waals surface area contributed by atoms with Crippen LogP contribution in [0.25, 0.3) is 0 Å². The van der Waals surface area contributed by atoms with Gasteiger partial charge in [-0.1, -0.05) is 11.8 Å². The number of likely N-dealkylation sites (tertiary alicyclic amines) is 1. The number of carbonyl (C=O) groups excluding carboxylic acids is 3. The summed E-state index contributed by atoms with van der Waals surface area (Å²) in [6.07, 6.45) is 3.38. The van der Waals surface area contributed by atoms with Gasteiger partial charge in [0.15, 0.2) is 16.7 Å². The lowest BCUT2D eigenvalue weighted by molar-refractivity contribution is -0.121. The van der Waals surface area contributed by atoms with Crippen LogP contribution >= 0.6 is 11.8 Å². The molecule has 1 N–H and O–H groups in total. The molecule has 2 heterocycles. The van der Waals surface area contributed by atoms with E-state index in [1.54, 1.807) is 12.1 Å². The number of methoxy groups -OCH3 is 1. The molecule has 35 heavy (non-hydrogen) atoms. The van der Waals surface area contributed by atoms with Gasteiger partial charge in [-0.15, -0.1) is 0 Å². The highest BCUT2D eigenvalue weighted by molar-refractivity contribution is 8.15. The fraction of sp³-hybridized carbons (Fsp3) is 0.320. The number of rotatable bonds is 6. The topological polar surface area (TPSA) is 121 Å². The van der Waals surface area contributed by atoms with Crippen LogP contribution in [0.2, 0.25) is 0 Å². The van der Waals surface area contributed by atoms with E-state index in [1.807, 2.05) is 6.07 Å². The molecule has 2 aliphatic rings. The molecule has 9 nitrogen and oxygen atoms in total. The largest absolute Gasteiger partial charge is 0.493 e. The number of nitrogens with zero attached hydrogens (tertiary/aromatic N) is 3. The first-order chi connectivity index (χ1) is 17.0. The standard InChI is InChI=1S/C25H24N4O5S/c1-33-20-13-16(15-26)5-10-19(20)34-24(32)17-6-8-18(9-7-17)27-22(30)14-21-23(31)28-25(35-21)29-11-3-2-4-12-29/h5-10,13,21H,2-4,11-12,14H2,1H3,(H,27,30). The van der Waals surface area contributed by atoms with Crippen LogP contribution in [-0.4, -0.2) is 53.3 Å². The maximum Gasteiger partial charge on any atom is 0.343 e. The van der Waals surface area contributed by atoms with E-state index in [0.29, 0.717) is 16.4 Å². The molecular formula is C25H24N4O5S. The Kier molecular flexibility index (Phi) is 7.67. The monoisotopic (exact) mass is 492 g/mol. The van der Waals surface area contributed by atoms with Crippen molar-refractivity contribution in [2.45, 2.75) is 30.9 Å². The van der Waals surface area contributed by atoms with E-state index in [0.717, 1.165) is 25.9 Å². The number of hydrogen-bond donors (Lipinski definition) is 1. The van der Waals surface area contributed by atoms with Gasteiger partial charge in [0.2, 0.25) is 5.91 Å². The number of ether oxygens (including phenoxy) is 2. The minimum absolute atomic E-state index is 0.0205. The summed E-state index contributed by atoms with van der Waals surface area (Å²) in [5.74, 6) is -0.723. The number of piperidine rings is 1. The van der Waals surface area contributed by atoms with Crippen molar-refractivity contribution < 1.29 is 23.9 Å². The van der Waals surface area contributed by atoms with E-state index in [4.69, 9.17) is 14.7 Å². The van der Waals surface area contributed by atoms with Crippen LogP contribution in [0.15, 0.2) is 47.5 Å². The number of thioether (sulfide) groups is 1. The second-order valence-electron chi connectivity index (χ2n) is 8.08. The lowest BCUT2D eigenvalue weighted by Gasteiger charge is -2.27. The Morgan fingerprint density at radius 2 is 1.89 bits per heavy atom. The lowest BCUT2D eigenvalue weighted by atomic mass is 10.1. The second-order valence-corrected chi connectivity index (χ2v) is 9.25. The van der Waals surface area contributed by atoms with Crippen molar-refractivity contribution in [3.05, 3.63) is 53.6 Å². The Balaban J connectivity index is 1.30. The third-order valence-electron chi connectivity index (χ3n) is 5.63. The molecule has 0 bridgehead atoms. The summed E-state index contributed by atoms with van der Waals surface area (Å²) in [5.41, 5.74) is 1.15.